The van der Waals surface area contributed by atoms with E-state index in [1.807, 2.05) is 0 Å². The predicted molar refractivity (Wildman–Crippen MR) is 123 cm³/mol. The van der Waals surface area contributed by atoms with E-state index >= 15 is 0 Å². The number of hydrogen-bond donors (Lipinski definition) is 1. The van der Waals surface area contributed by atoms with Crippen molar-refractivity contribution in [3.05, 3.63) is 78.9 Å². The summed E-state index contributed by atoms with van der Waals surface area (Å²) >= 11 is 0. The van der Waals surface area contributed by atoms with Gasteiger partial charge in [-0.2, -0.15) is 10.5 Å². The number of esters is 2. The molecule has 14 nitrogen and oxygen atoms in total. The van der Waals surface area contributed by atoms with E-state index in [0.717, 1.165) is 18.2 Å². The molecule has 0 spiro atoms. The van der Waals surface area contributed by atoms with Crippen LogP contribution in [0.5, 0.6) is 0 Å². The van der Waals surface area contributed by atoms with Gasteiger partial charge in [0.1, 0.15) is 23.3 Å². The van der Waals surface area contributed by atoms with Crippen molar-refractivity contribution in [1.29, 1.82) is 10.5 Å². The molecule has 192 valence electrons. The lowest BCUT2D eigenvalue weighted by molar-refractivity contribution is -0.385. The molecule has 0 radical (unpaired) electrons. The normalized spacial score (nSPS) is 10.4. The second kappa shape index (κ2) is 14.1. The molecule has 0 saturated carbocycles. The van der Waals surface area contributed by atoms with Gasteiger partial charge in [-0.15, -0.1) is 0 Å². The molecule has 1 atom stereocenters. The van der Waals surface area contributed by atoms with E-state index in [0.29, 0.717) is 5.56 Å². The standard InChI is InChI=1S/C12H10N2O6.C11H10N2O4/c1-2-20-12(17)10(11(15)16)7-3-4-9(14(18)19)8(5-7)6-13;1-2-17-11(14)6-8-3-4-10(13(15)16)9(5-8)7-12/h3-5,10H,2H2,1H3,(H,15,16);3-5H,2,6H2,1H3. The minimum absolute atomic E-state index is 0.000510. The number of carbonyl (C=O) groups is 3. The number of nitro benzene ring substituents is 2. The number of rotatable bonds is 9. The molecule has 14 heteroatoms. The molecule has 0 aromatic heterocycles. The fraction of sp³-hybridized carbons (Fsp3) is 0.261. The molecule has 1 unspecified atom stereocenters. The van der Waals surface area contributed by atoms with Crippen molar-refractivity contribution in [2.24, 2.45) is 0 Å². The summed E-state index contributed by atoms with van der Waals surface area (Å²) in [5.74, 6) is -4.49. The van der Waals surface area contributed by atoms with Crippen LogP contribution in [0, 0.1) is 42.9 Å². The zero-order valence-corrected chi connectivity index (χ0v) is 19.6. The zero-order chi connectivity index (χ0) is 28.1. The third kappa shape index (κ3) is 8.41. The van der Waals surface area contributed by atoms with Gasteiger partial charge in [-0.25, -0.2) is 0 Å². The average molecular weight is 512 g/mol. The van der Waals surface area contributed by atoms with E-state index in [-0.39, 0.29) is 42.0 Å². The first-order chi connectivity index (χ1) is 17.5. The molecular weight excluding hydrogens is 492 g/mol. The summed E-state index contributed by atoms with van der Waals surface area (Å²) < 4.78 is 9.38. The van der Waals surface area contributed by atoms with Crippen molar-refractivity contribution in [3.63, 3.8) is 0 Å². The van der Waals surface area contributed by atoms with Crippen LogP contribution in [-0.4, -0.2) is 46.1 Å². The van der Waals surface area contributed by atoms with Gasteiger partial charge in [0.05, 0.1) is 29.5 Å². The van der Waals surface area contributed by atoms with E-state index in [1.54, 1.807) is 19.1 Å². The predicted octanol–water partition coefficient (Wildman–Crippen LogP) is 2.77. The highest BCUT2D eigenvalue weighted by atomic mass is 16.6. The van der Waals surface area contributed by atoms with E-state index in [1.165, 1.54) is 25.1 Å². The molecular formula is C23H20N4O10. The topological polar surface area (TPSA) is 224 Å². The number of carboxylic acids is 1. The number of benzene rings is 2. The molecule has 1 N–H and O–H groups in total. The van der Waals surface area contributed by atoms with Crippen LogP contribution in [-0.2, 0) is 30.3 Å². The van der Waals surface area contributed by atoms with Crippen LogP contribution < -0.4 is 0 Å². The SMILES string of the molecule is CCOC(=O)C(C(=O)O)c1ccc([N+](=O)[O-])c(C#N)c1.CCOC(=O)Cc1ccc([N+](=O)[O-])c(C#N)c1. The van der Waals surface area contributed by atoms with Gasteiger partial charge in [0, 0.05) is 12.1 Å². The van der Waals surface area contributed by atoms with Gasteiger partial charge < -0.3 is 14.6 Å². The number of ether oxygens (including phenoxy) is 2. The van der Waals surface area contributed by atoms with Crippen molar-refractivity contribution in [3.8, 4) is 12.1 Å². The minimum atomic E-state index is -1.62. The fourth-order valence-electron chi connectivity index (χ4n) is 2.91. The Bertz CT molecular complexity index is 1290. The van der Waals surface area contributed by atoms with E-state index in [9.17, 15) is 34.6 Å². The van der Waals surface area contributed by atoms with Crippen molar-refractivity contribution >= 4 is 29.3 Å². The highest BCUT2D eigenvalue weighted by molar-refractivity contribution is 6.00. The second-order valence-corrected chi connectivity index (χ2v) is 6.87. The molecule has 2 rings (SSSR count). The van der Waals surface area contributed by atoms with Gasteiger partial charge >= 0.3 is 17.9 Å². The highest BCUT2D eigenvalue weighted by Crippen LogP contribution is 2.25. The molecule has 0 aliphatic heterocycles. The summed E-state index contributed by atoms with van der Waals surface area (Å²) in [6.45, 7) is 3.49. The summed E-state index contributed by atoms with van der Waals surface area (Å²) in [7, 11) is 0. The molecule has 2 aromatic carbocycles. The van der Waals surface area contributed by atoms with E-state index in [4.69, 9.17) is 20.4 Å². The van der Waals surface area contributed by atoms with Crippen molar-refractivity contribution in [2.45, 2.75) is 26.2 Å². The van der Waals surface area contributed by atoms with Gasteiger partial charge in [0.25, 0.3) is 11.4 Å². The van der Waals surface area contributed by atoms with Crippen LogP contribution in [0.1, 0.15) is 42.0 Å². The Labute approximate surface area is 209 Å². The quantitative estimate of drug-likeness (QED) is 0.221. The Balaban J connectivity index is 0.000000375. The van der Waals surface area contributed by atoms with E-state index < -0.39 is 39.4 Å². The minimum Gasteiger partial charge on any atom is -0.480 e. The highest BCUT2D eigenvalue weighted by Gasteiger charge is 2.31. The lowest BCUT2D eigenvalue weighted by Gasteiger charge is -2.11. The molecule has 37 heavy (non-hydrogen) atoms. The number of carbonyl (C=O) groups excluding carboxylic acids is 2. The average Bonchev–Trinajstić information content (AvgIpc) is 2.84. The molecule has 0 amide bonds. The van der Waals surface area contributed by atoms with Crippen LogP contribution >= 0.6 is 0 Å². The van der Waals surface area contributed by atoms with Crippen LogP contribution in [0.15, 0.2) is 36.4 Å². The molecule has 0 bridgehead atoms. The molecule has 0 aliphatic rings. The largest absolute Gasteiger partial charge is 0.480 e. The summed E-state index contributed by atoms with van der Waals surface area (Å²) in [6, 6.07) is 10.4. The second-order valence-electron chi connectivity index (χ2n) is 6.87. The van der Waals surface area contributed by atoms with Crippen molar-refractivity contribution in [2.75, 3.05) is 13.2 Å². The monoisotopic (exact) mass is 512 g/mol. The summed E-state index contributed by atoms with van der Waals surface area (Å²) in [5.41, 5.74) is -0.618. The number of carboxylic acid groups (broad SMARTS) is 1. The fourth-order valence-corrected chi connectivity index (χ4v) is 2.91. The van der Waals surface area contributed by atoms with Gasteiger partial charge in [-0.05, 0) is 37.1 Å². The molecule has 0 fully saturated rings. The zero-order valence-electron chi connectivity index (χ0n) is 19.6. The smallest absolute Gasteiger partial charge is 0.324 e. The Morgan fingerprint density at radius 1 is 0.919 bits per heavy atom. The number of aliphatic carboxylic acids is 1. The summed E-state index contributed by atoms with van der Waals surface area (Å²) in [6.07, 6.45) is 0.000510. The van der Waals surface area contributed by atoms with Crippen LogP contribution in [0.3, 0.4) is 0 Å². The number of hydrogen-bond acceptors (Lipinski definition) is 11. The maximum Gasteiger partial charge on any atom is 0.324 e. The van der Waals surface area contributed by atoms with Crippen LogP contribution in [0.2, 0.25) is 0 Å². The van der Waals surface area contributed by atoms with Gasteiger partial charge in [-0.1, -0.05) is 12.1 Å². The van der Waals surface area contributed by atoms with Crippen LogP contribution in [0.4, 0.5) is 11.4 Å². The Kier molecular flexibility index (Phi) is 11.3. The van der Waals surface area contributed by atoms with Gasteiger partial charge in [0.15, 0.2) is 5.92 Å². The van der Waals surface area contributed by atoms with E-state index in [2.05, 4.69) is 4.74 Å². The number of nitro groups is 2. The maximum absolute atomic E-state index is 11.6. The third-order valence-electron chi connectivity index (χ3n) is 4.47. The lowest BCUT2D eigenvalue weighted by atomic mass is 9.97. The maximum atomic E-state index is 11.6. The van der Waals surface area contributed by atoms with Gasteiger partial charge in [0.2, 0.25) is 0 Å². The Morgan fingerprint density at radius 2 is 1.43 bits per heavy atom. The summed E-state index contributed by atoms with van der Waals surface area (Å²) in [5, 5.41) is 47.9. The van der Waals surface area contributed by atoms with Crippen molar-refractivity contribution in [1.82, 2.24) is 0 Å². The first-order valence-electron chi connectivity index (χ1n) is 10.4. The molecule has 0 aliphatic carbocycles. The van der Waals surface area contributed by atoms with Gasteiger partial charge in [-0.3, -0.25) is 34.6 Å². The lowest BCUT2D eigenvalue weighted by Crippen LogP contribution is -2.24. The van der Waals surface area contributed by atoms with Crippen LogP contribution in [0.25, 0.3) is 0 Å². The molecule has 0 saturated heterocycles. The third-order valence-corrected chi connectivity index (χ3v) is 4.47. The number of nitrogens with zero attached hydrogens (tertiary/aromatic N) is 4. The first-order valence-corrected chi connectivity index (χ1v) is 10.4. The van der Waals surface area contributed by atoms with Crippen molar-refractivity contribution < 1.29 is 38.8 Å². The Hall–Kier alpha value is -5.37. The molecule has 0 heterocycles. The molecule has 2 aromatic rings. The first kappa shape index (κ1) is 29.7. The number of nitriles is 2. The summed E-state index contributed by atoms with van der Waals surface area (Å²) in [4.78, 5) is 53.8. The Morgan fingerprint density at radius 3 is 1.89 bits per heavy atom.